The van der Waals surface area contributed by atoms with Gasteiger partial charge < -0.3 is 38.3 Å². The number of halogens is 1. The van der Waals surface area contributed by atoms with Crippen LogP contribution in [0.5, 0.6) is 5.75 Å². The second kappa shape index (κ2) is 21.0. The van der Waals surface area contributed by atoms with E-state index in [-0.39, 0.29) is 6.61 Å². The number of rotatable bonds is 23. The highest BCUT2D eigenvalue weighted by Crippen LogP contribution is 2.57. The van der Waals surface area contributed by atoms with Gasteiger partial charge in [0.2, 0.25) is 0 Å². The lowest BCUT2D eigenvalue weighted by Gasteiger charge is -2.35. The van der Waals surface area contributed by atoms with Gasteiger partial charge in [0.25, 0.3) is 0 Å². The summed E-state index contributed by atoms with van der Waals surface area (Å²) in [7, 11) is 1.66. The van der Waals surface area contributed by atoms with Crippen LogP contribution in [0.3, 0.4) is 0 Å². The molecule has 0 aliphatic heterocycles. The third-order valence-corrected chi connectivity index (χ3v) is 10.6. The molecule has 296 valence electrons. The summed E-state index contributed by atoms with van der Waals surface area (Å²) >= 11 is 3.84. The minimum Gasteiger partial charge on any atom is -0.491 e. The van der Waals surface area contributed by atoms with E-state index in [2.05, 4.69) is 133 Å². The van der Waals surface area contributed by atoms with Crippen molar-refractivity contribution in [1.29, 1.82) is 0 Å². The highest BCUT2D eigenvalue weighted by atomic mass is 79.9. The van der Waals surface area contributed by atoms with Crippen LogP contribution in [0.4, 0.5) is 0 Å². The zero-order valence-electron chi connectivity index (χ0n) is 32.7. The summed E-state index contributed by atoms with van der Waals surface area (Å²) in [4.78, 5) is 0. The summed E-state index contributed by atoms with van der Waals surface area (Å²) in [6.07, 6.45) is 0. The maximum atomic E-state index is 8.86. The Hall–Kier alpha value is -3.90. The van der Waals surface area contributed by atoms with E-state index in [1.165, 1.54) is 44.5 Å². The second-order valence-electron chi connectivity index (χ2n) is 13.8. The topological polar surface area (TPSA) is 84.8 Å². The highest BCUT2D eigenvalue weighted by molar-refractivity contribution is 9.10. The van der Waals surface area contributed by atoms with Gasteiger partial charge in [-0.25, -0.2) is 0 Å². The minimum absolute atomic E-state index is 0.0127. The Morgan fingerprint density at radius 2 is 1.12 bits per heavy atom. The van der Waals surface area contributed by atoms with E-state index in [1.54, 1.807) is 7.11 Å². The Morgan fingerprint density at radius 3 is 1.79 bits per heavy atom. The summed E-state index contributed by atoms with van der Waals surface area (Å²) in [5.74, 6) is 0.833. The van der Waals surface area contributed by atoms with Crippen molar-refractivity contribution in [3.8, 4) is 28.0 Å². The first kappa shape index (κ1) is 41.7. The lowest BCUT2D eigenvalue weighted by molar-refractivity contribution is 0.00444. The number of benzene rings is 5. The number of ether oxygens (including phenoxy) is 7. The number of aliphatic hydroxyl groups excluding tert-OH is 1. The molecule has 0 amide bonds. The number of aliphatic hydroxyl groups is 1. The molecule has 0 saturated carbocycles. The van der Waals surface area contributed by atoms with Crippen LogP contribution in [-0.2, 0) is 40.4 Å². The molecule has 56 heavy (non-hydrogen) atoms. The van der Waals surface area contributed by atoms with E-state index in [0.29, 0.717) is 79.3 Å². The van der Waals surface area contributed by atoms with Gasteiger partial charge >= 0.3 is 0 Å². The van der Waals surface area contributed by atoms with Gasteiger partial charge in [0.05, 0.1) is 84.7 Å². The van der Waals surface area contributed by atoms with Gasteiger partial charge in [-0.1, -0.05) is 94.8 Å². The van der Waals surface area contributed by atoms with Gasteiger partial charge in [0, 0.05) is 11.6 Å². The summed E-state index contributed by atoms with van der Waals surface area (Å²) in [5, 5.41) is 8.86. The van der Waals surface area contributed by atoms with Crippen molar-refractivity contribution in [3.05, 3.63) is 147 Å². The van der Waals surface area contributed by atoms with E-state index in [0.717, 1.165) is 26.9 Å². The first-order valence-electron chi connectivity index (χ1n) is 19.3. The fraction of sp³-hybridized carbons (Fsp3) is 0.362. The average molecular weight is 826 g/mol. The van der Waals surface area contributed by atoms with Gasteiger partial charge in [-0.2, -0.15) is 0 Å². The molecule has 8 nitrogen and oxygen atoms in total. The molecular formula is C47H53BrO8. The van der Waals surface area contributed by atoms with Gasteiger partial charge in [0.15, 0.2) is 0 Å². The molecule has 1 N–H and O–H groups in total. The Bertz CT molecular complexity index is 1930. The summed E-state index contributed by atoms with van der Waals surface area (Å²) in [6, 6.07) is 37.6. The fourth-order valence-electron chi connectivity index (χ4n) is 7.39. The number of hydrogen-bond acceptors (Lipinski definition) is 8. The van der Waals surface area contributed by atoms with Crippen LogP contribution in [0, 0.1) is 13.8 Å². The van der Waals surface area contributed by atoms with Crippen LogP contribution >= 0.6 is 15.9 Å². The largest absolute Gasteiger partial charge is 0.491 e. The number of aryl methyl sites for hydroxylation is 2. The van der Waals surface area contributed by atoms with Crippen molar-refractivity contribution in [2.45, 2.75) is 25.9 Å². The zero-order chi connectivity index (χ0) is 39.2. The molecule has 1 atom stereocenters. The van der Waals surface area contributed by atoms with Crippen molar-refractivity contribution in [3.63, 3.8) is 0 Å². The molecular weight excluding hydrogens is 772 g/mol. The van der Waals surface area contributed by atoms with Crippen LogP contribution < -0.4 is 4.74 Å². The fourth-order valence-corrected chi connectivity index (χ4v) is 7.75. The van der Waals surface area contributed by atoms with Gasteiger partial charge in [0.1, 0.15) is 12.4 Å². The quantitative estimate of drug-likeness (QED) is 0.0643. The second-order valence-corrected chi connectivity index (χ2v) is 14.7. The van der Waals surface area contributed by atoms with Gasteiger partial charge in [-0.15, -0.1) is 0 Å². The Morgan fingerprint density at radius 1 is 0.536 bits per heavy atom. The normalized spacial score (nSPS) is 14.5. The molecule has 5 aromatic rings. The van der Waals surface area contributed by atoms with Crippen LogP contribution in [0.1, 0.15) is 38.9 Å². The highest BCUT2D eigenvalue weighted by Gasteiger charge is 2.47. The molecule has 9 heteroatoms. The average Bonchev–Trinajstić information content (AvgIpc) is 3.50. The molecule has 1 unspecified atom stereocenters. The van der Waals surface area contributed by atoms with Crippen molar-refractivity contribution in [2.75, 3.05) is 86.4 Å². The zero-order valence-corrected chi connectivity index (χ0v) is 34.3. The summed E-state index contributed by atoms with van der Waals surface area (Å²) < 4.78 is 40.5. The lowest BCUT2D eigenvalue weighted by Crippen LogP contribution is -2.29. The first-order valence-corrected chi connectivity index (χ1v) is 20.1. The maximum Gasteiger partial charge on any atom is 0.122 e. The molecule has 5 aromatic carbocycles. The predicted molar refractivity (Wildman–Crippen MR) is 224 cm³/mol. The molecule has 0 saturated heterocycles. The SMILES string of the molecule is COCCOCCOCCOc1ccc(C2(c3ccc(COCCOCCOCCO)c(C)c3)c3cc(Br)ccc3-c3ccc(-c4ccccc4)cc32)cc1C. The van der Waals surface area contributed by atoms with Crippen LogP contribution in [0.2, 0.25) is 0 Å². The Labute approximate surface area is 339 Å². The van der Waals surface area contributed by atoms with E-state index in [4.69, 9.17) is 38.3 Å². The molecule has 1 aliphatic rings. The first-order chi connectivity index (χ1) is 27.5. The smallest absolute Gasteiger partial charge is 0.122 e. The Kier molecular flexibility index (Phi) is 15.7. The van der Waals surface area contributed by atoms with Gasteiger partial charge in [-0.05, 0) is 99.3 Å². The third-order valence-electron chi connectivity index (χ3n) is 10.1. The van der Waals surface area contributed by atoms with Crippen molar-refractivity contribution in [1.82, 2.24) is 0 Å². The van der Waals surface area contributed by atoms with E-state index >= 15 is 0 Å². The maximum absolute atomic E-state index is 8.86. The molecule has 0 bridgehead atoms. The predicted octanol–water partition coefficient (Wildman–Crippen LogP) is 8.70. The minimum atomic E-state index is -0.620. The lowest BCUT2D eigenvalue weighted by atomic mass is 9.66. The third kappa shape index (κ3) is 9.96. The monoisotopic (exact) mass is 824 g/mol. The van der Waals surface area contributed by atoms with Crippen LogP contribution in [-0.4, -0.2) is 91.5 Å². The molecule has 0 spiro atoms. The van der Waals surface area contributed by atoms with Crippen LogP contribution in [0.15, 0.2) is 108 Å². The number of methoxy groups -OCH3 is 1. The number of hydrogen-bond donors (Lipinski definition) is 1. The molecule has 0 fully saturated rings. The molecule has 0 radical (unpaired) electrons. The van der Waals surface area contributed by atoms with E-state index in [9.17, 15) is 0 Å². The van der Waals surface area contributed by atoms with Crippen molar-refractivity contribution < 1.29 is 38.3 Å². The molecule has 6 rings (SSSR count). The molecule has 1 aliphatic carbocycles. The standard InChI is InChI=1S/C47H53BrO8/c1-34-29-39(11-9-38(34)33-55-26-25-53-22-21-51-18-17-49)47(40-12-16-46(35(2)30-40)56-28-27-54-24-23-52-20-19-50-3)44-31-37(36-7-5-4-6-8-36)10-14-42(44)43-15-13-41(48)32-45(43)47/h4-16,29-32,49H,17-28,33H2,1-3H3. The summed E-state index contributed by atoms with van der Waals surface area (Å²) in [5.41, 5.74) is 12.3. The molecule has 0 heterocycles. The van der Waals surface area contributed by atoms with Crippen molar-refractivity contribution in [2.24, 2.45) is 0 Å². The van der Waals surface area contributed by atoms with Gasteiger partial charge in [-0.3, -0.25) is 0 Å². The summed E-state index contributed by atoms with van der Waals surface area (Å²) in [6.45, 7) is 10.1. The molecule has 0 aromatic heterocycles. The van der Waals surface area contributed by atoms with Crippen molar-refractivity contribution >= 4 is 15.9 Å². The van der Waals surface area contributed by atoms with E-state index < -0.39 is 5.41 Å². The Balaban J connectivity index is 1.32. The number of fused-ring (bicyclic) bond motifs is 3. The van der Waals surface area contributed by atoms with E-state index in [1.807, 2.05) is 0 Å². The van der Waals surface area contributed by atoms with Crippen LogP contribution in [0.25, 0.3) is 22.3 Å².